The van der Waals surface area contributed by atoms with E-state index in [1.807, 2.05) is 0 Å². The van der Waals surface area contributed by atoms with Crippen LogP contribution in [0.2, 0.25) is 0 Å². The van der Waals surface area contributed by atoms with Crippen LogP contribution in [-0.4, -0.2) is 48.1 Å². The van der Waals surface area contributed by atoms with Crippen molar-refractivity contribution >= 4 is 6.09 Å². The van der Waals surface area contributed by atoms with Gasteiger partial charge in [0, 0.05) is 0 Å². The first kappa shape index (κ1) is 10.7. The van der Waals surface area contributed by atoms with Crippen molar-refractivity contribution in [2.45, 2.75) is 44.7 Å². The Morgan fingerprint density at radius 3 is 2.60 bits per heavy atom. The van der Waals surface area contributed by atoms with Crippen molar-refractivity contribution < 1.29 is 18.7 Å². The number of fused-ring (bicyclic) bond motifs is 2. The molecule has 0 N–H and O–H groups in total. The molecule has 2 saturated heterocycles. The van der Waals surface area contributed by atoms with E-state index < -0.39 is 30.0 Å². The Morgan fingerprint density at radius 1 is 1.53 bits per heavy atom. The number of amides is 1. The summed E-state index contributed by atoms with van der Waals surface area (Å²) in [6.07, 6.45) is -1.96. The predicted molar refractivity (Wildman–Crippen MR) is 51.4 cm³/mol. The molecule has 0 aromatic rings. The van der Waals surface area contributed by atoms with Gasteiger partial charge in [0.25, 0.3) is 0 Å². The lowest BCUT2D eigenvalue weighted by atomic mass is 10.2. The molecule has 0 aromatic carbocycles. The molecule has 3 unspecified atom stereocenters. The lowest BCUT2D eigenvalue weighted by Gasteiger charge is -2.29. The van der Waals surface area contributed by atoms with Gasteiger partial charge in [0.1, 0.15) is 11.7 Å². The second kappa shape index (κ2) is 3.33. The molecule has 2 fully saturated rings. The molecule has 5 heteroatoms. The van der Waals surface area contributed by atoms with Crippen molar-refractivity contribution in [3.8, 4) is 0 Å². The number of halogens is 1. The Bertz CT molecular complexity index is 276. The normalized spacial score (nSPS) is 34.7. The molecule has 1 amide bonds. The number of ether oxygens (including phenoxy) is 2. The number of rotatable bonds is 0. The molecule has 86 valence electrons. The maximum Gasteiger partial charge on any atom is 0.410 e. The van der Waals surface area contributed by atoms with Gasteiger partial charge in [-0.15, -0.1) is 0 Å². The van der Waals surface area contributed by atoms with Gasteiger partial charge in [-0.05, 0) is 20.8 Å². The quantitative estimate of drug-likeness (QED) is 0.614. The monoisotopic (exact) mass is 217 g/mol. The fraction of sp³-hybridized carbons (Fsp3) is 0.900. The first-order chi connectivity index (χ1) is 6.88. The maximum atomic E-state index is 13.4. The van der Waals surface area contributed by atoms with Gasteiger partial charge in [0.2, 0.25) is 0 Å². The molecule has 0 aromatic heterocycles. The second-order valence-corrected chi connectivity index (χ2v) is 5.02. The summed E-state index contributed by atoms with van der Waals surface area (Å²) in [4.78, 5) is 13.1. The number of nitrogens with zero attached hydrogens (tertiary/aromatic N) is 1. The first-order valence-corrected chi connectivity index (χ1v) is 5.14. The van der Waals surface area contributed by atoms with Crippen LogP contribution in [0.1, 0.15) is 20.8 Å². The molecule has 15 heavy (non-hydrogen) atoms. The summed E-state index contributed by atoms with van der Waals surface area (Å²) < 4.78 is 23.8. The molecule has 0 aliphatic carbocycles. The van der Waals surface area contributed by atoms with E-state index in [0.29, 0.717) is 6.54 Å². The fourth-order valence-electron chi connectivity index (χ4n) is 1.93. The average Bonchev–Trinajstić information content (AvgIpc) is 2.59. The number of likely N-dealkylation sites (tertiary alicyclic amines) is 1. The van der Waals surface area contributed by atoms with Crippen molar-refractivity contribution in [2.75, 3.05) is 13.2 Å². The number of hydrogen-bond acceptors (Lipinski definition) is 3. The highest BCUT2D eigenvalue weighted by atomic mass is 19.1. The molecular formula is C10H16FNO3. The minimum atomic E-state index is -1.06. The van der Waals surface area contributed by atoms with Crippen LogP contribution in [0, 0.1) is 0 Å². The van der Waals surface area contributed by atoms with Gasteiger partial charge in [-0.1, -0.05) is 0 Å². The molecule has 0 spiro atoms. The number of carbonyl (C=O) groups is 1. The van der Waals surface area contributed by atoms with Crippen LogP contribution in [0.15, 0.2) is 0 Å². The third-order valence-corrected chi connectivity index (χ3v) is 2.61. The molecule has 0 radical (unpaired) electrons. The van der Waals surface area contributed by atoms with Crippen LogP contribution >= 0.6 is 0 Å². The minimum absolute atomic E-state index is 0.283. The van der Waals surface area contributed by atoms with E-state index in [-0.39, 0.29) is 6.61 Å². The average molecular weight is 217 g/mol. The van der Waals surface area contributed by atoms with E-state index >= 15 is 0 Å². The summed E-state index contributed by atoms with van der Waals surface area (Å²) in [6.45, 7) is 5.97. The number of morpholine rings is 1. The second-order valence-electron chi connectivity index (χ2n) is 5.02. The third-order valence-electron chi connectivity index (χ3n) is 2.61. The van der Waals surface area contributed by atoms with Crippen LogP contribution in [0.25, 0.3) is 0 Å². The van der Waals surface area contributed by atoms with E-state index in [9.17, 15) is 9.18 Å². The zero-order chi connectivity index (χ0) is 11.2. The number of hydrogen-bond donors (Lipinski definition) is 0. The lowest BCUT2D eigenvalue weighted by molar-refractivity contribution is -0.00898. The van der Waals surface area contributed by atoms with Gasteiger partial charge in [-0.25, -0.2) is 9.18 Å². The Kier molecular flexibility index (Phi) is 2.37. The Labute approximate surface area is 88.3 Å². The van der Waals surface area contributed by atoms with Crippen molar-refractivity contribution in [1.82, 2.24) is 4.90 Å². The zero-order valence-electron chi connectivity index (χ0n) is 9.20. The van der Waals surface area contributed by atoms with Crippen LogP contribution in [-0.2, 0) is 9.47 Å². The molecule has 2 aliphatic heterocycles. The van der Waals surface area contributed by atoms with Crippen LogP contribution in [0.3, 0.4) is 0 Å². The summed E-state index contributed by atoms with van der Waals surface area (Å²) in [7, 11) is 0. The highest BCUT2D eigenvalue weighted by Crippen LogP contribution is 2.31. The van der Waals surface area contributed by atoms with Crippen molar-refractivity contribution in [3.05, 3.63) is 0 Å². The summed E-state index contributed by atoms with van der Waals surface area (Å²) in [5, 5.41) is 0. The Balaban J connectivity index is 1.99. The number of alkyl halides is 1. The van der Waals surface area contributed by atoms with E-state index in [0.717, 1.165) is 0 Å². The first-order valence-electron chi connectivity index (χ1n) is 5.14. The SMILES string of the molecule is CC(C)(C)OC(=O)N1CC2OCC1C2F. The molecular weight excluding hydrogens is 201 g/mol. The van der Waals surface area contributed by atoms with Gasteiger partial charge in [-0.3, -0.25) is 4.90 Å². The van der Waals surface area contributed by atoms with Gasteiger partial charge < -0.3 is 9.47 Å². The minimum Gasteiger partial charge on any atom is -0.444 e. The van der Waals surface area contributed by atoms with Crippen molar-refractivity contribution in [3.63, 3.8) is 0 Å². The molecule has 3 atom stereocenters. The Morgan fingerprint density at radius 2 is 2.20 bits per heavy atom. The highest BCUT2D eigenvalue weighted by Gasteiger charge is 2.51. The summed E-state index contributed by atoms with van der Waals surface area (Å²) >= 11 is 0. The smallest absolute Gasteiger partial charge is 0.410 e. The highest BCUT2D eigenvalue weighted by molar-refractivity contribution is 5.69. The van der Waals surface area contributed by atoms with E-state index in [2.05, 4.69) is 0 Å². The summed E-state index contributed by atoms with van der Waals surface area (Å²) in [5.74, 6) is 0. The summed E-state index contributed by atoms with van der Waals surface area (Å²) in [5.41, 5.74) is -0.536. The van der Waals surface area contributed by atoms with Crippen LogP contribution in [0.4, 0.5) is 9.18 Å². The van der Waals surface area contributed by atoms with Gasteiger partial charge in [-0.2, -0.15) is 0 Å². The van der Waals surface area contributed by atoms with Crippen molar-refractivity contribution in [1.29, 1.82) is 0 Å². The zero-order valence-corrected chi connectivity index (χ0v) is 9.20. The molecule has 2 rings (SSSR count). The molecule has 4 nitrogen and oxygen atoms in total. The lowest BCUT2D eigenvalue weighted by Crippen LogP contribution is -2.44. The topological polar surface area (TPSA) is 38.8 Å². The maximum absolute atomic E-state index is 13.4. The van der Waals surface area contributed by atoms with Gasteiger partial charge in [0.05, 0.1) is 19.2 Å². The number of carbonyl (C=O) groups excluding carboxylic acids is 1. The predicted octanol–water partition coefficient (Wildman–Crippen LogP) is 1.34. The van der Waals surface area contributed by atoms with Crippen LogP contribution in [0.5, 0.6) is 0 Å². The molecule has 2 bridgehead atoms. The van der Waals surface area contributed by atoms with E-state index in [1.54, 1.807) is 20.8 Å². The molecule has 2 heterocycles. The van der Waals surface area contributed by atoms with Gasteiger partial charge >= 0.3 is 6.09 Å². The van der Waals surface area contributed by atoms with Crippen LogP contribution < -0.4 is 0 Å². The fourth-order valence-corrected chi connectivity index (χ4v) is 1.93. The van der Waals surface area contributed by atoms with E-state index in [1.165, 1.54) is 4.90 Å². The van der Waals surface area contributed by atoms with Gasteiger partial charge in [0.15, 0.2) is 6.17 Å². The summed E-state index contributed by atoms with van der Waals surface area (Å²) in [6, 6.07) is -0.454. The Hall–Kier alpha value is -0.840. The largest absolute Gasteiger partial charge is 0.444 e. The molecule has 2 aliphatic rings. The standard InChI is InChI=1S/C10H16FNO3/c1-10(2,3)15-9(13)12-4-7-8(11)6(12)5-14-7/h6-8H,4-5H2,1-3H3. The van der Waals surface area contributed by atoms with Crippen molar-refractivity contribution in [2.24, 2.45) is 0 Å². The van der Waals surface area contributed by atoms with E-state index in [4.69, 9.17) is 9.47 Å². The molecule has 0 saturated carbocycles. The third kappa shape index (κ3) is 1.93.